The molecule has 3 aromatic rings. The lowest BCUT2D eigenvalue weighted by Gasteiger charge is -2.04. The van der Waals surface area contributed by atoms with Gasteiger partial charge in [-0.3, -0.25) is 9.59 Å². The second kappa shape index (κ2) is 7.21. The van der Waals surface area contributed by atoms with Crippen LogP contribution in [0, 0.1) is 0 Å². The van der Waals surface area contributed by atoms with Crippen molar-refractivity contribution in [3.8, 4) is 10.7 Å². The van der Waals surface area contributed by atoms with Crippen LogP contribution in [0.3, 0.4) is 0 Å². The van der Waals surface area contributed by atoms with E-state index in [1.165, 1.54) is 27.7 Å². The Balaban J connectivity index is 1.67. The molecule has 0 bridgehead atoms. The molecule has 23 heavy (non-hydrogen) atoms. The van der Waals surface area contributed by atoms with Crippen molar-refractivity contribution in [2.24, 2.45) is 0 Å². The fraction of sp³-hybridized carbons (Fsp3) is 0.0667. The van der Waals surface area contributed by atoms with E-state index in [-0.39, 0.29) is 11.7 Å². The van der Waals surface area contributed by atoms with Crippen LogP contribution in [-0.2, 0) is 9.59 Å². The fourth-order valence-corrected chi connectivity index (χ4v) is 3.30. The van der Waals surface area contributed by atoms with E-state index >= 15 is 0 Å². The number of carbonyl (C=O) groups excluding carboxylic acids is 2. The van der Waals surface area contributed by atoms with E-state index < -0.39 is 0 Å². The van der Waals surface area contributed by atoms with Crippen LogP contribution in [-0.4, -0.2) is 32.8 Å². The number of nitrogens with one attached hydrogen (secondary N) is 1. The second-order valence-corrected chi connectivity index (χ2v) is 6.35. The first-order valence-corrected chi connectivity index (χ1v) is 8.56. The van der Waals surface area contributed by atoms with Gasteiger partial charge in [0.05, 0.1) is 10.6 Å². The zero-order valence-electron chi connectivity index (χ0n) is 11.9. The average molecular weight is 344 g/mol. The highest BCUT2D eigenvalue weighted by Gasteiger charge is 2.15. The summed E-state index contributed by atoms with van der Waals surface area (Å²) < 4.78 is 1.35. The van der Waals surface area contributed by atoms with Crippen LogP contribution < -0.4 is 5.32 Å². The lowest BCUT2D eigenvalue weighted by Crippen LogP contribution is -2.14. The molecule has 0 atom stereocenters. The quantitative estimate of drug-likeness (QED) is 0.550. The van der Waals surface area contributed by atoms with Gasteiger partial charge in [-0.05, 0) is 23.6 Å². The van der Waals surface area contributed by atoms with E-state index in [1.54, 1.807) is 0 Å². The first-order chi connectivity index (χ1) is 11.3. The largest absolute Gasteiger partial charge is 0.325 e. The minimum Gasteiger partial charge on any atom is -0.325 e. The van der Waals surface area contributed by atoms with Crippen molar-refractivity contribution < 1.29 is 9.59 Å². The number of thioether (sulfide) groups is 1. The Labute approximate surface area is 140 Å². The lowest BCUT2D eigenvalue weighted by molar-refractivity contribution is -0.113. The number of rotatable bonds is 6. The Bertz CT molecular complexity index is 800. The molecule has 0 saturated heterocycles. The number of amides is 1. The molecule has 0 aliphatic carbocycles. The summed E-state index contributed by atoms with van der Waals surface area (Å²) in [5.74, 6) is 0.464. The van der Waals surface area contributed by atoms with Crippen LogP contribution in [0.5, 0.6) is 0 Å². The molecule has 3 rings (SSSR count). The van der Waals surface area contributed by atoms with E-state index in [2.05, 4.69) is 15.5 Å². The molecule has 0 aliphatic rings. The molecule has 1 aromatic carbocycles. The fourth-order valence-electron chi connectivity index (χ4n) is 1.89. The van der Waals surface area contributed by atoms with Crippen molar-refractivity contribution >= 4 is 41.1 Å². The van der Waals surface area contributed by atoms with E-state index in [9.17, 15) is 9.59 Å². The van der Waals surface area contributed by atoms with Gasteiger partial charge < -0.3 is 5.32 Å². The standard InChI is InChI=1S/C15H12N4O2S2/c20-10-19-14(12-7-4-8-22-12)17-18-15(19)23-9-13(21)16-11-5-2-1-3-6-11/h1-8,10H,9H2,(H,16,21). The predicted octanol–water partition coefficient (Wildman–Crippen LogP) is 2.78. The van der Waals surface area contributed by atoms with Gasteiger partial charge >= 0.3 is 0 Å². The number of aromatic nitrogens is 3. The molecule has 0 aliphatic heterocycles. The van der Waals surface area contributed by atoms with Crippen molar-refractivity contribution in [3.63, 3.8) is 0 Å². The Kier molecular flexibility index (Phi) is 4.84. The molecule has 2 heterocycles. The number of anilines is 1. The average Bonchev–Trinajstić information content (AvgIpc) is 3.22. The molecule has 8 heteroatoms. The molecule has 0 spiro atoms. The molecule has 0 radical (unpaired) electrons. The van der Waals surface area contributed by atoms with Gasteiger partial charge in [-0.15, -0.1) is 21.5 Å². The van der Waals surface area contributed by atoms with E-state index in [0.29, 0.717) is 17.4 Å². The van der Waals surface area contributed by atoms with Gasteiger partial charge in [-0.1, -0.05) is 36.0 Å². The summed E-state index contributed by atoms with van der Waals surface area (Å²) >= 11 is 2.64. The van der Waals surface area contributed by atoms with Gasteiger partial charge in [0, 0.05) is 5.69 Å². The zero-order valence-corrected chi connectivity index (χ0v) is 13.5. The Morgan fingerprint density at radius 3 is 2.74 bits per heavy atom. The number of benzene rings is 1. The van der Waals surface area contributed by atoms with Gasteiger partial charge in [0.2, 0.25) is 12.3 Å². The molecule has 2 aromatic heterocycles. The van der Waals surface area contributed by atoms with E-state index in [0.717, 1.165) is 10.6 Å². The zero-order chi connectivity index (χ0) is 16.1. The van der Waals surface area contributed by atoms with Crippen LogP contribution in [0.15, 0.2) is 53.0 Å². The topological polar surface area (TPSA) is 76.9 Å². The summed E-state index contributed by atoms with van der Waals surface area (Å²) in [4.78, 5) is 24.1. The minimum absolute atomic E-state index is 0.144. The second-order valence-electron chi connectivity index (χ2n) is 4.46. The third-order valence-electron chi connectivity index (χ3n) is 2.90. The van der Waals surface area contributed by atoms with Crippen LogP contribution in [0.4, 0.5) is 5.69 Å². The van der Waals surface area contributed by atoms with Gasteiger partial charge in [0.25, 0.3) is 0 Å². The van der Waals surface area contributed by atoms with Crippen molar-refractivity contribution in [1.82, 2.24) is 14.8 Å². The summed E-state index contributed by atoms with van der Waals surface area (Å²) in [5, 5.41) is 13.1. The molecular formula is C15H12N4O2S2. The van der Waals surface area contributed by atoms with Gasteiger partial charge in [0.1, 0.15) is 0 Å². The summed E-state index contributed by atoms with van der Waals surface area (Å²) in [5.41, 5.74) is 0.731. The maximum atomic E-state index is 11.9. The van der Waals surface area contributed by atoms with E-state index in [4.69, 9.17) is 0 Å². The third-order valence-corrected chi connectivity index (χ3v) is 4.71. The summed E-state index contributed by atoms with van der Waals surface area (Å²) in [6.45, 7) is 0. The predicted molar refractivity (Wildman–Crippen MR) is 91.3 cm³/mol. The van der Waals surface area contributed by atoms with Crippen molar-refractivity contribution in [2.45, 2.75) is 5.16 Å². The molecule has 0 fully saturated rings. The smallest absolute Gasteiger partial charge is 0.234 e. The summed E-state index contributed by atoms with van der Waals surface area (Å²) in [7, 11) is 0. The highest BCUT2D eigenvalue weighted by molar-refractivity contribution is 7.99. The van der Waals surface area contributed by atoms with Crippen molar-refractivity contribution in [1.29, 1.82) is 0 Å². The van der Waals surface area contributed by atoms with Gasteiger partial charge in [-0.25, -0.2) is 4.57 Å². The monoisotopic (exact) mass is 344 g/mol. The Morgan fingerprint density at radius 2 is 2.04 bits per heavy atom. The number of para-hydroxylation sites is 1. The molecule has 116 valence electrons. The SMILES string of the molecule is O=Cn1c(SCC(=O)Nc2ccccc2)nnc1-c1cccs1. The Hall–Kier alpha value is -2.45. The van der Waals surface area contributed by atoms with E-state index in [1.807, 2.05) is 47.8 Å². The maximum absolute atomic E-state index is 11.9. The van der Waals surface area contributed by atoms with Gasteiger partial charge in [-0.2, -0.15) is 0 Å². The van der Waals surface area contributed by atoms with Crippen LogP contribution in [0.1, 0.15) is 0 Å². The van der Waals surface area contributed by atoms with Crippen LogP contribution in [0.25, 0.3) is 10.7 Å². The van der Waals surface area contributed by atoms with Crippen LogP contribution >= 0.6 is 23.1 Å². The highest BCUT2D eigenvalue weighted by atomic mass is 32.2. The summed E-state index contributed by atoms with van der Waals surface area (Å²) in [6, 6.07) is 12.9. The first kappa shape index (κ1) is 15.4. The number of nitrogens with zero attached hydrogens (tertiary/aromatic N) is 3. The third kappa shape index (κ3) is 3.66. The Morgan fingerprint density at radius 1 is 1.22 bits per heavy atom. The molecule has 1 N–H and O–H groups in total. The number of thiophene rings is 1. The summed E-state index contributed by atoms with van der Waals surface area (Å²) in [6.07, 6.45) is 0.659. The molecule has 1 amide bonds. The molecular weight excluding hydrogens is 332 g/mol. The lowest BCUT2D eigenvalue weighted by atomic mass is 10.3. The van der Waals surface area contributed by atoms with Crippen molar-refractivity contribution in [3.05, 3.63) is 47.8 Å². The number of carbonyl (C=O) groups is 2. The first-order valence-electron chi connectivity index (χ1n) is 6.69. The minimum atomic E-state index is -0.167. The number of hydrogen-bond acceptors (Lipinski definition) is 6. The maximum Gasteiger partial charge on any atom is 0.234 e. The molecule has 0 saturated carbocycles. The van der Waals surface area contributed by atoms with Crippen LogP contribution in [0.2, 0.25) is 0 Å². The van der Waals surface area contributed by atoms with Crippen molar-refractivity contribution in [2.75, 3.05) is 11.1 Å². The van der Waals surface area contributed by atoms with Gasteiger partial charge in [0.15, 0.2) is 11.0 Å². The number of hydrogen-bond donors (Lipinski definition) is 1. The molecule has 6 nitrogen and oxygen atoms in total. The normalized spacial score (nSPS) is 10.4. The molecule has 0 unspecified atom stereocenters. The highest BCUT2D eigenvalue weighted by Crippen LogP contribution is 2.26.